The molecule has 2 aromatic rings. The smallest absolute Gasteiger partial charge is 0.219 e. The summed E-state index contributed by atoms with van der Waals surface area (Å²) < 4.78 is 7.22. The lowest BCUT2D eigenvalue weighted by atomic mass is 10.1. The predicted molar refractivity (Wildman–Crippen MR) is 88.6 cm³/mol. The molecule has 0 aliphatic carbocycles. The molecule has 25 heavy (non-hydrogen) atoms. The summed E-state index contributed by atoms with van der Waals surface area (Å²) in [6, 6.07) is 0. The number of carbonyl (C=O) groups excluding carboxylic acids is 1. The van der Waals surface area contributed by atoms with Crippen LogP contribution in [0.4, 0.5) is 5.82 Å². The lowest BCUT2D eigenvalue weighted by Crippen LogP contribution is -2.30. The summed E-state index contributed by atoms with van der Waals surface area (Å²) >= 11 is 0. The zero-order valence-electron chi connectivity index (χ0n) is 14.5. The van der Waals surface area contributed by atoms with Gasteiger partial charge in [0.1, 0.15) is 12.2 Å². The van der Waals surface area contributed by atoms with Crippen molar-refractivity contribution in [3.8, 4) is 0 Å². The van der Waals surface area contributed by atoms with Gasteiger partial charge in [-0.15, -0.1) is 0 Å². The number of aliphatic hydroxyl groups excluding tert-OH is 2. The van der Waals surface area contributed by atoms with Crippen molar-refractivity contribution in [2.75, 3.05) is 19.4 Å². The first-order valence-electron chi connectivity index (χ1n) is 7.98. The average Bonchev–Trinajstić information content (AvgIpc) is 3.10. The van der Waals surface area contributed by atoms with E-state index >= 15 is 0 Å². The van der Waals surface area contributed by atoms with Gasteiger partial charge in [0.2, 0.25) is 5.91 Å². The lowest BCUT2D eigenvalue weighted by Gasteiger charge is -2.18. The lowest BCUT2D eigenvalue weighted by molar-refractivity contribution is -0.128. The number of carbonyl (C=O) groups is 1. The molecule has 4 atom stereocenters. The highest BCUT2D eigenvalue weighted by Gasteiger charge is 2.42. The second-order valence-electron chi connectivity index (χ2n) is 6.15. The summed E-state index contributed by atoms with van der Waals surface area (Å²) in [7, 11) is 3.38. The van der Waals surface area contributed by atoms with Crippen LogP contribution in [-0.4, -0.2) is 72.9 Å². The molecule has 0 radical (unpaired) electrons. The van der Waals surface area contributed by atoms with E-state index in [9.17, 15) is 15.0 Å². The van der Waals surface area contributed by atoms with Crippen molar-refractivity contribution in [3.63, 3.8) is 0 Å². The Morgan fingerprint density at radius 2 is 2.12 bits per heavy atom. The molecule has 3 rings (SSSR count). The number of amides is 1. The first-order valence-corrected chi connectivity index (χ1v) is 7.98. The maximum atomic E-state index is 11.5. The van der Waals surface area contributed by atoms with Crippen molar-refractivity contribution in [1.82, 2.24) is 24.4 Å². The van der Waals surface area contributed by atoms with Crippen molar-refractivity contribution in [2.45, 2.75) is 44.9 Å². The molecule has 2 aromatic heterocycles. The number of fused-ring (bicyclic) bond motifs is 1. The minimum atomic E-state index is -1.09. The van der Waals surface area contributed by atoms with Crippen LogP contribution in [0.5, 0.6) is 0 Å². The third kappa shape index (κ3) is 3.03. The summed E-state index contributed by atoms with van der Waals surface area (Å²) in [5, 5.41) is 23.1. The molecule has 136 valence electrons. The Hall–Kier alpha value is -2.30. The second kappa shape index (κ2) is 6.54. The number of aromatic nitrogens is 4. The number of anilines is 1. The maximum absolute atomic E-state index is 11.5. The van der Waals surface area contributed by atoms with Gasteiger partial charge in [-0.25, -0.2) is 15.0 Å². The van der Waals surface area contributed by atoms with Gasteiger partial charge in [0.15, 0.2) is 29.0 Å². The van der Waals surface area contributed by atoms with E-state index in [2.05, 4.69) is 20.3 Å². The van der Waals surface area contributed by atoms with Gasteiger partial charge in [0.25, 0.3) is 0 Å². The highest BCUT2D eigenvalue weighted by atomic mass is 16.6. The fraction of sp³-hybridized carbons (Fsp3) is 0.600. The topological polar surface area (TPSA) is 126 Å². The Bertz CT molecular complexity index is 794. The monoisotopic (exact) mass is 350 g/mol. The number of nitrogens with one attached hydrogen (secondary N) is 1. The number of hydrogen-bond donors (Lipinski definition) is 3. The second-order valence-corrected chi connectivity index (χ2v) is 6.15. The largest absolute Gasteiger partial charge is 0.388 e. The van der Waals surface area contributed by atoms with Gasteiger partial charge in [-0.2, -0.15) is 0 Å². The van der Waals surface area contributed by atoms with Gasteiger partial charge in [-0.1, -0.05) is 0 Å². The van der Waals surface area contributed by atoms with E-state index in [1.54, 1.807) is 25.6 Å². The normalized spacial score (nSPS) is 26.2. The standard InChI is InChI=1S/C15H22N6O4/c1-7-11(23)12(24)15(25-7)21-6-17-10-13(16-3)18-9(19-14(10)21)5-20(4)8(2)22/h6-7,11-12,15,23-24H,5H2,1-4H3,(H,16,18,19)/t7-,11-,12-,15-/m1/s1. The van der Waals surface area contributed by atoms with E-state index < -0.39 is 24.5 Å². The van der Waals surface area contributed by atoms with Crippen LogP contribution in [-0.2, 0) is 16.1 Å². The molecule has 1 aliphatic rings. The van der Waals surface area contributed by atoms with Gasteiger partial charge in [0.05, 0.1) is 19.0 Å². The number of rotatable bonds is 4. The van der Waals surface area contributed by atoms with Crippen molar-refractivity contribution in [1.29, 1.82) is 0 Å². The van der Waals surface area contributed by atoms with Crippen molar-refractivity contribution in [2.24, 2.45) is 0 Å². The molecular weight excluding hydrogens is 328 g/mol. The van der Waals surface area contributed by atoms with E-state index in [4.69, 9.17) is 4.74 Å². The first kappa shape index (κ1) is 17.5. The molecule has 3 N–H and O–H groups in total. The third-order valence-corrected chi connectivity index (χ3v) is 4.37. The minimum absolute atomic E-state index is 0.102. The number of aliphatic hydroxyl groups is 2. The Kier molecular flexibility index (Phi) is 4.58. The van der Waals surface area contributed by atoms with Gasteiger partial charge in [0, 0.05) is 21.0 Å². The summed E-state index contributed by atoms with van der Waals surface area (Å²) in [5.74, 6) is 0.837. The van der Waals surface area contributed by atoms with Crippen molar-refractivity contribution < 1.29 is 19.7 Å². The Morgan fingerprint density at radius 3 is 2.68 bits per heavy atom. The summed E-state index contributed by atoms with van der Waals surface area (Å²) in [5.41, 5.74) is 0.971. The zero-order valence-corrected chi connectivity index (χ0v) is 14.5. The Balaban J connectivity index is 2.05. The minimum Gasteiger partial charge on any atom is -0.388 e. The van der Waals surface area contributed by atoms with Crippen LogP contribution in [0.25, 0.3) is 11.2 Å². The van der Waals surface area contributed by atoms with Crippen LogP contribution < -0.4 is 5.32 Å². The van der Waals surface area contributed by atoms with Gasteiger partial charge < -0.3 is 25.2 Å². The molecule has 1 fully saturated rings. The predicted octanol–water partition coefficient (Wildman–Crippen LogP) is -0.515. The van der Waals surface area contributed by atoms with E-state index in [1.165, 1.54) is 18.2 Å². The molecule has 10 nitrogen and oxygen atoms in total. The summed E-state index contributed by atoms with van der Waals surface area (Å²) in [4.78, 5) is 26.1. The highest BCUT2D eigenvalue weighted by molar-refractivity contribution is 5.83. The average molecular weight is 350 g/mol. The van der Waals surface area contributed by atoms with Crippen molar-refractivity contribution in [3.05, 3.63) is 12.2 Å². The number of ether oxygens (including phenoxy) is 1. The number of imidazole rings is 1. The Morgan fingerprint density at radius 1 is 1.40 bits per heavy atom. The highest BCUT2D eigenvalue weighted by Crippen LogP contribution is 2.32. The zero-order chi connectivity index (χ0) is 18.3. The van der Waals surface area contributed by atoms with Crippen LogP contribution in [0.15, 0.2) is 6.33 Å². The number of nitrogens with zero attached hydrogens (tertiary/aromatic N) is 5. The molecular formula is C15H22N6O4. The molecule has 0 aromatic carbocycles. The summed E-state index contributed by atoms with van der Waals surface area (Å²) in [6.45, 7) is 3.39. The van der Waals surface area contributed by atoms with Crippen molar-refractivity contribution >= 4 is 22.9 Å². The van der Waals surface area contributed by atoms with Crippen LogP contribution in [0.1, 0.15) is 25.9 Å². The van der Waals surface area contributed by atoms with Crippen LogP contribution in [0.3, 0.4) is 0 Å². The molecule has 3 heterocycles. The molecule has 10 heteroatoms. The molecule has 0 unspecified atom stereocenters. The fourth-order valence-corrected chi connectivity index (χ4v) is 2.77. The quantitative estimate of drug-likeness (QED) is 0.673. The molecule has 0 bridgehead atoms. The fourth-order valence-electron chi connectivity index (χ4n) is 2.77. The van der Waals surface area contributed by atoms with E-state index in [-0.39, 0.29) is 12.5 Å². The van der Waals surface area contributed by atoms with Crippen LogP contribution in [0.2, 0.25) is 0 Å². The van der Waals surface area contributed by atoms with Gasteiger partial charge in [-0.05, 0) is 6.92 Å². The SMILES string of the molecule is CNc1nc(CN(C)C(C)=O)nc2c1ncn2[C@@H]1O[C@H](C)[C@@H](O)[C@H]1O. The van der Waals surface area contributed by atoms with Crippen LogP contribution >= 0.6 is 0 Å². The van der Waals surface area contributed by atoms with E-state index in [0.717, 1.165) is 0 Å². The molecule has 1 amide bonds. The molecule has 0 saturated carbocycles. The van der Waals surface area contributed by atoms with E-state index in [1.807, 2.05) is 0 Å². The van der Waals surface area contributed by atoms with Gasteiger partial charge in [-0.3, -0.25) is 9.36 Å². The van der Waals surface area contributed by atoms with E-state index in [0.29, 0.717) is 22.8 Å². The molecule has 1 aliphatic heterocycles. The first-order chi connectivity index (χ1) is 11.8. The third-order valence-electron chi connectivity index (χ3n) is 4.37. The van der Waals surface area contributed by atoms with Crippen LogP contribution in [0, 0.1) is 0 Å². The summed E-state index contributed by atoms with van der Waals surface area (Å²) in [6.07, 6.45) is -1.89. The van der Waals surface area contributed by atoms with Gasteiger partial charge >= 0.3 is 0 Å². The number of hydrogen-bond acceptors (Lipinski definition) is 8. The maximum Gasteiger partial charge on any atom is 0.219 e. The molecule has 1 saturated heterocycles. The molecule has 0 spiro atoms. The Labute approximate surface area is 144 Å².